The van der Waals surface area contributed by atoms with Crippen molar-refractivity contribution < 1.29 is 4.79 Å². The van der Waals surface area contributed by atoms with Crippen LogP contribution in [0.3, 0.4) is 0 Å². The monoisotopic (exact) mass is 260 g/mol. The first kappa shape index (κ1) is 14.1. The van der Waals surface area contributed by atoms with E-state index in [9.17, 15) is 4.79 Å². The maximum Gasteiger partial charge on any atom is 0.241 e. The molecule has 1 aliphatic heterocycles. The molecule has 0 radical (unpaired) electrons. The van der Waals surface area contributed by atoms with Gasteiger partial charge in [-0.25, -0.2) is 0 Å². The van der Waals surface area contributed by atoms with Crippen LogP contribution in [0.25, 0.3) is 0 Å². The lowest BCUT2D eigenvalue weighted by Crippen LogP contribution is -2.31. The lowest BCUT2D eigenvalue weighted by atomic mass is 10.1. The Labute approximate surface area is 116 Å². The fourth-order valence-corrected chi connectivity index (χ4v) is 2.63. The number of benzene rings is 1. The van der Waals surface area contributed by atoms with Gasteiger partial charge in [0.15, 0.2) is 0 Å². The molecule has 1 N–H and O–H groups in total. The molecule has 3 nitrogen and oxygen atoms in total. The number of carbonyl (C=O) groups excluding carboxylic acids is 1. The Morgan fingerprint density at radius 2 is 1.89 bits per heavy atom. The number of nitrogens with zero attached hydrogens (tertiary/aromatic N) is 1. The minimum atomic E-state index is -0.0728. The highest BCUT2D eigenvalue weighted by Gasteiger charge is 2.36. The molecule has 0 aromatic heterocycles. The van der Waals surface area contributed by atoms with Crippen LogP contribution < -0.4 is 5.32 Å². The molecule has 0 bridgehead atoms. The first-order chi connectivity index (χ1) is 9.24. The van der Waals surface area contributed by atoms with Gasteiger partial charge >= 0.3 is 0 Å². The molecule has 2 rings (SSSR count). The van der Waals surface area contributed by atoms with Crippen molar-refractivity contribution >= 4 is 5.91 Å². The average molecular weight is 260 g/mol. The lowest BCUT2D eigenvalue weighted by molar-refractivity contribution is -0.129. The van der Waals surface area contributed by atoms with Crippen molar-refractivity contribution in [3.05, 3.63) is 35.9 Å². The molecule has 3 heteroatoms. The molecule has 104 valence electrons. The highest BCUT2D eigenvalue weighted by atomic mass is 16.2. The second-order valence-electron chi connectivity index (χ2n) is 5.29. The Balaban J connectivity index is 2.02. The SMILES string of the molecule is CCCCCCN1C(=O)C(C)NC1c1ccccc1. The van der Waals surface area contributed by atoms with E-state index in [0.29, 0.717) is 0 Å². The summed E-state index contributed by atoms with van der Waals surface area (Å²) in [5, 5.41) is 3.39. The van der Waals surface area contributed by atoms with Crippen LogP contribution in [0.1, 0.15) is 51.3 Å². The normalized spacial score (nSPS) is 23.1. The van der Waals surface area contributed by atoms with Crippen molar-refractivity contribution in [2.45, 2.75) is 51.7 Å². The summed E-state index contributed by atoms with van der Waals surface area (Å²) in [6, 6.07) is 10.2. The van der Waals surface area contributed by atoms with Gasteiger partial charge in [0.25, 0.3) is 0 Å². The largest absolute Gasteiger partial charge is 0.322 e. The summed E-state index contributed by atoms with van der Waals surface area (Å²) < 4.78 is 0. The van der Waals surface area contributed by atoms with Gasteiger partial charge in [-0.15, -0.1) is 0 Å². The first-order valence-electron chi connectivity index (χ1n) is 7.35. The first-order valence-corrected chi connectivity index (χ1v) is 7.35. The van der Waals surface area contributed by atoms with E-state index in [1.54, 1.807) is 0 Å². The fraction of sp³-hybridized carbons (Fsp3) is 0.562. The maximum atomic E-state index is 12.2. The smallest absolute Gasteiger partial charge is 0.241 e. The van der Waals surface area contributed by atoms with Crippen molar-refractivity contribution in [1.82, 2.24) is 10.2 Å². The van der Waals surface area contributed by atoms with Crippen LogP contribution in [-0.4, -0.2) is 23.4 Å². The van der Waals surface area contributed by atoms with E-state index >= 15 is 0 Å². The Kier molecular flexibility index (Phi) is 4.97. The van der Waals surface area contributed by atoms with E-state index in [-0.39, 0.29) is 18.1 Å². The fourth-order valence-electron chi connectivity index (χ4n) is 2.63. The van der Waals surface area contributed by atoms with Crippen molar-refractivity contribution in [3.8, 4) is 0 Å². The van der Waals surface area contributed by atoms with Crippen LogP contribution in [-0.2, 0) is 4.79 Å². The van der Waals surface area contributed by atoms with E-state index < -0.39 is 0 Å². The van der Waals surface area contributed by atoms with Crippen molar-refractivity contribution in [2.24, 2.45) is 0 Å². The zero-order valence-electron chi connectivity index (χ0n) is 11.9. The lowest BCUT2D eigenvalue weighted by Gasteiger charge is -2.24. The van der Waals surface area contributed by atoms with Gasteiger partial charge in [-0.05, 0) is 18.9 Å². The van der Waals surface area contributed by atoms with Gasteiger partial charge in [-0.1, -0.05) is 56.5 Å². The Morgan fingerprint density at radius 3 is 2.58 bits per heavy atom. The Hall–Kier alpha value is -1.35. The highest BCUT2D eigenvalue weighted by molar-refractivity contribution is 5.84. The van der Waals surface area contributed by atoms with Crippen LogP contribution in [0.2, 0.25) is 0 Å². The second kappa shape index (κ2) is 6.71. The molecule has 2 unspecified atom stereocenters. The van der Waals surface area contributed by atoms with Crippen LogP contribution >= 0.6 is 0 Å². The Morgan fingerprint density at radius 1 is 1.16 bits per heavy atom. The van der Waals surface area contributed by atoms with Crippen LogP contribution in [0.4, 0.5) is 0 Å². The third kappa shape index (κ3) is 3.35. The average Bonchev–Trinajstić information content (AvgIpc) is 2.72. The zero-order valence-corrected chi connectivity index (χ0v) is 11.9. The number of amides is 1. The van der Waals surface area contributed by atoms with Crippen molar-refractivity contribution in [1.29, 1.82) is 0 Å². The number of carbonyl (C=O) groups is 1. The molecule has 1 amide bonds. The molecule has 0 aliphatic carbocycles. The molecule has 0 spiro atoms. The molecule has 1 heterocycles. The minimum absolute atomic E-state index is 0.0466. The zero-order chi connectivity index (χ0) is 13.7. The van der Waals surface area contributed by atoms with E-state index in [0.717, 1.165) is 13.0 Å². The predicted molar refractivity (Wildman–Crippen MR) is 77.6 cm³/mol. The third-order valence-electron chi connectivity index (χ3n) is 3.74. The number of unbranched alkanes of at least 4 members (excludes halogenated alkanes) is 3. The van der Waals surface area contributed by atoms with Gasteiger partial charge in [-0.3, -0.25) is 10.1 Å². The molecule has 0 saturated carbocycles. The van der Waals surface area contributed by atoms with Crippen molar-refractivity contribution in [2.75, 3.05) is 6.54 Å². The molecule has 1 saturated heterocycles. The van der Waals surface area contributed by atoms with E-state index in [1.807, 2.05) is 30.0 Å². The number of rotatable bonds is 6. The van der Waals surface area contributed by atoms with Crippen LogP contribution in [0, 0.1) is 0 Å². The molecule has 1 aliphatic rings. The van der Waals surface area contributed by atoms with Gasteiger partial charge in [0, 0.05) is 6.54 Å². The molecule has 19 heavy (non-hydrogen) atoms. The van der Waals surface area contributed by atoms with Gasteiger partial charge < -0.3 is 4.90 Å². The number of hydrogen-bond acceptors (Lipinski definition) is 2. The number of nitrogens with one attached hydrogen (secondary N) is 1. The maximum absolute atomic E-state index is 12.2. The molecular weight excluding hydrogens is 236 g/mol. The van der Waals surface area contributed by atoms with E-state index in [1.165, 1.54) is 24.8 Å². The summed E-state index contributed by atoms with van der Waals surface area (Å²) in [6.45, 7) is 5.01. The van der Waals surface area contributed by atoms with Crippen molar-refractivity contribution in [3.63, 3.8) is 0 Å². The summed E-state index contributed by atoms with van der Waals surface area (Å²) in [4.78, 5) is 14.2. The predicted octanol–water partition coefficient (Wildman–Crippen LogP) is 3.09. The molecule has 1 aromatic rings. The molecule has 1 fully saturated rings. The quantitative estimate of drug-likeness (QED) is 0.797. The van der Waals surface area contributed by atoms with Gasteiger partial charge in [0.05, 0.1) is 6.04 Å². The van der Waals surface area contributed by atoms with Crippen LogP contribution in [0.15, 0.2) is 30.3 Å². The number of hydrogen-bond donors (Lipinski definition) is 1. The topological polar surface area (TPSA) is 32.3 Å². The van der Waals surface area contributed by atoms with E-state index in [4.69, 9.17) is 0 Å². The third-order valence-corrected chi connectivity index (χ3v) is 3.74. The molecular formula is C16H24N2O. The summed E-state index contributed by atoms with van der Waals surface area (Å²) in [6.07, 6.45) is 4.82. The standard InChI is InChI=1S/C16H24N2O/c1-3-4-5-9-12-18-15(17-13(2)16(18)19)14-10-7-6-8-11-14/h6-8,10-11,13,15,17H,3-5,9,12H2,1-2H3. The van der Waals surface area contributed by atoms with Crippen LogP contribution in [0.5, 0.6) is 0 Å². The summed E-state index contributed by atoms with van der Waals surface area (Å²) >= 11 is 0. The van der Waals surface area contributed by atoms with E-state index in [2.05, 4.69) is 24.4 Å². The summed E-state index contributed by atoms with van der Waals surface area (Å²) in [5.74, 6) is 0.227. The van der Waals surface area contributed by atoms with Gasteiger partial charge in [0.1, 0.15) is 6.17 Å². The van der Waals surface area contributed by atoms with Gasteiger partial charge in [-0.2, -0.15) is 0 Å². The Bertz CT molecular complexity index is 404. The summed E-state index contributed by atoms with van der Waals surface area (Å²) in [5.41, 5.74) is 1.18. The van der Waals surface area contributed by atoms with Gasteiger partial charge in [0.2, 0.25) is 5.91 Å². The highest BCUT2D eigenvalue weighted by Crippen LogP contribution is 2.25. The second-order valence-corrected chi connectivity index (χ2v) is 5.29. The minimum Gasteiger partial charge on any atom is -0.322 e. The summed E-state index contributed by atoms with van der Waals surface area (Å²) in [7, 11) is 0. The molecule has 2 atom stereocenters. The molecule has 1 aromatic carbocycles.